The molecule has 0 atom stereocenters. The van der Waals surface area contributed by atoms with Crippen LogP contribution in [-0.4, -0.2) is 20.3 Å². The Balaban J connectivity index is 2.02. The van der Waals surface area contributed by atoms with Crippen molar-refractivity contribution in [3.05, 3.63) is 77.5 Å². The average molecular weight is 284 g/mol. The molecule has 0 N–H and O–H groups in total. The van der Waals surface area contributed by atoms with Gasteiger partial charge in [0, 0.05) is 16.8 Å². The number of imidazole rings is 1. The normalized spacial score (nSPS) is 10.4. The summed E-state index contributed by atoms with van der Waals surface area (Å²) in [4.78, 5) is 20.7. The molecule has 98 valence electrons. The molecule has 0 aliphatic rings. The molecule has 0 spiro atoms. The molecule has 3 rings (SSSR count). The first-order valence-electron chi connectivity index (χ1n) is 6.00. The van der Waals surface area contributed by atoms with Crippen LogP contribution >= 0.6 is 11.6 Å². The van der Waals surface area contributed by atoms with Gasteiger partial charge in [-0.25, -0.2) is 9.97 Å². The van der Waals surface area contributed by atoms with Crippen LogP contribution in [0.4, 0.5) is 0 Å². The molecule has 4 nitrogen and oxygen atoms in total. The van der Waals surface area contributed by atoms with Gasteiger partial charge in [0.05, 0.1) is 6.20 Å². The Morgan fingerprint density at radius 2 is 1.90 bits per heavy atom. The number of carbonyl (C=O) groups is 1. The minimum atomic E-state index is -0.121. The third kappa shape index (κ3) is 2.33. The van der Waals surface area contributed by atoms with Crippen molar-refractivity contribution < 1.29 is 4.79 Å². The second-order valence-corrected chi connectivity index (χ2v) is 4.61. The fraction of sp³-hybridized carbons (Fsp3) is 0. The van der Waals surface area contributed by atoms with Crippen LogP contribution in [-0.2, 0) is 0 Å². The SMILES string of the molecule is O=C(c1ccc(Cl)cc1)c1cncn1-c1ccccn1. The summed E-state index contributed by atoms with van der Waals surface area (Å²) in [5.74, 6) is 0.534. The summed E-state index contributed by atoms with van der Waals surface area (Å²) in [7, 11) is 0. The maximum atomic E-state index is 12.5. The second-order valence-electron chi connectivity index (χ2n) is 4.17. The smallest absolute Gasteiger partial charge is 0.211 e. The number of ketones is 1. The highest BCUT2D eigenvalue weighted by molar-refractivity contribution is 6.30. The average Bonchev–Trinajstić information content (AvgIpc) is 2.97. The summed E-state index contributed by atoms with van der Waals surface area (Å²) < 4.78 is 1.66. The highest BCUT2D eigenvalue weighted by atomic mass is 35.5. The minimum Gasteiger partial charge on any atom is -0.287 e. The molecular weight excluding hydrogens is 274 g/mol. The first kappa shape index (κ1) is 12.6. The number of hydrogen-bond acceptors (Lipinski definition) is 3. The summed E-state index contributed by atoms with van der Waals surface area (Å²) in [6.07, 6.45) is 4.78. The van der Waals surface area contributed by atoms with Crippen LogP contribution in [0.3, 0.4) is 0 Å². The lowest BCUT2D eigenvalue weighted by molar-refractivity contribution is 0.103. The number of pyridine rings is 1. The van der Waals surface area contributed by atoms with Gasteiger partial charge >= 0.3 is 0 Å². The lowest BCUT2D eigenvalue weighted by atomic mass is 10.1. The van der Waals surface area contributed by atoms with Gasteiger partial charge in [0.1, 0.15) is 17.8 Å². The van der Waals surface area contributed by atoms with Crippen molar-refractivity contribution >= 4 is 17.4 Å². The molecule has 0 amide bonds. The van der Waals surface area contributed by atoms with E-state index in [0.29, 0.717) is 22.1 Å². The number of halogens is 1. The zero-order valence-corrected chi connectivity index (χ0v) is 11.2. The van der Waals surface area contributed by atoms with Gasteiger partial charge in [0.25, 0.3) is 0 Å². The fourth-order valence-electron chi connectivity index (χ4n) is 1.89. The minimum absolute atomic E-state index is 0.121. The highest BCUT2D eigenvalue weighted by Gasteiger charge is 2.15. The van der Waals surface area contributed by atoms with Gasteiger partial charge in [-0.15, -0.1) is 0 Å². The molecule has 0 radical (unpaired) electrons. The Morgan fingerprint density at radius 3 is 2.60 bits per heavy atom. The van der Waals surface area contributed by atoms with Crippen LogP contribution in [0.5, 0.6) is 0 Å². The van der Waals surface area contributed by atoms with Crippen LogP contribution in [0.1, 0.15) is 16.1 Å². The molecule has 0 aliphatic carbocycles. The Hall–Kier alpha value is -2.46. The van der Waals surface area contributed by atoms with Crippen molar-refractivity contribution in [2.45, 2.75) is 0 Å². The first-order chi connectivity index (χ1) is 9.75. The summed E-state index contributed by atoms with van der Waals surface area (Å²) in [6, 6.07) is 12.3. The molecule has 0 fully saturated rings. The van der Waals surface area contributed by atoms with Gasteiger partial charge in [-0.05, 0) is 36.4 Å². The molecule has 3 aromatic rings. The number of rotatable bonds is 3. The zero-order valence-electron chi connectivity index (χ0n) is 10.4. The predicted octanol–water partition coefficient (Wildman–Crippen LogP) is 3.15. The molecule has 0 saturated heterocycles. The zero-order chi connectivity index (χ0) is 13.9. The largest absolute Gasteiger partial charge is 0.287 e. The van der Waals surface area contributed by atoms with Gasteiger partial charge in [-0.3, -0.25) is 9.36 Å². The molecule has 0 aliphatic heterocycles. The third-order valence-corrected chi connectivity index (χ3v) is 3.13. The number of aromatic nitrogens is 3. The molecule has 0 unspecified atom stereocenters. The lowest BCUT2D eigenvalue weighted by Crippen LogP contribution is -2.09. The highest BCUT2D eigenvalue weighted by Crippen LogP contribution is 2.15. The van der Waals surface area contributed by atoms with Crippen molar-refractivity contribution in [3.8, 4) is 5.82 Å². The van der Waals surface area contributed by atoms with Gasteiger partial charge < -0.3 is 0 Å². The van der Waals surface area contributed by atoms with E-state index in [4.69, 9.17) is 11.6 Å². The van der Waals surface area contributed by atoms with E-state index in [-0.39, 0.29) is 5.78 Å². The van der Waals surface area contributed by atoms with E-state index >= 15 is 0 Å². The Morgan fingerprint density at radius 1 is 1.10 bits per heavy atom. The Kier molecular flexibility index (Phi) is 3.31. The van der Waals surface area contributed by atoms with Crippen molar-refractivity contribution in [2.24, 2.45) is 0 Å². The van der Waals surface area contributed by atoms with Gasteiger partial charge in [0.15, 0.2) is 0 Å². The van der Waals surface area contributed by atoms with Crippen LogP contribution in [0.2, 0.25) is 5.02 Å². The van der Waals surface area contributed by atoms with E-state index in [9.17, 15) is 4.79 Å². The predicted molar refractivity (Wildman–Crippen MR) is 76.2 cm³/mol. The number of carbonyl (C=O) groups excluding carboxylic acids is 1. The van der Waals surface area contributed by atoms with E-state index in [2.05, 4.69) is 9.97 Å². The Bertz CT molecular complexity index is 735. The van der Waals surface area contributed by atoms with Crippen LogP contribution in [0.25, 0.3) is 5.82 Å². The van der Waals surface area contributed by atoms with Crippen LogP contribution in [0.15, 0.2) is 61.2 Å². The standard InChI is InChI=1S/C15H10ClN3O/c16-12-6-4-11(5-7-12)15(20)13-9-17-10-19(13)14-3-1-2-8-18-14/h1-10H. The van der Waals surface area contributed by atoms with Crippen molar-refractivity contribution in [2.75, 3.05) is 0 Å². The summed E-state index contributed by atoms with van der Waals surface area (Å²) in [5.41, 5.74) is 1.03. The van der Waals surface area contributed by atoms with Crippen molar-refractivity contribution in [1.29, 1.82) is 0 Å². The topological polar surface area (TPSA) is 47.8 Å². The molecule has 0 saturated carbocycles. The maximum absolute atomic E-state index is 12.5. The van der Waals surface area contributed by atoms with E-state index in [0.717, 1.165) is 0 Å². The number of benzene rings is 1. The maximum Gasteiger partial charge on any atom is 0.211 e. The molecule has 2 aromatic heterocycles. The van der Waals surface area contributed by atoms with Crippen LogP contribution < -0.4 is 0 Å². The third-order valence-electron chi connectivity index (χ3n) is 2.87. The molecule has 5 heteroatoms. The summed E-state index contributed by atoms with van der Waals surface area (Å²) in [6.45, 7) is 0. The quantitative estimate of drug-likeness (QED) is 0.694. The lowest BCUT2D eigenvalue weighted by Gasteiger charge is -2.06. The second kappa shape index (κ2) is 5.27. The molecule has 1 aromatic carbocycles. The molecular formula is C15H10ClN3O. The van der Waals surface area contributed by atoms with E-state index in [1.807, 2.05) is 18.2 Å². The van der Waals surface area contributed by atoms with E-state index < -0.39 is 0 Å². The van der Waals surface area contributed by atoms with Crippen molar-refractivity contribution in [3.63, 3.8) is 0 Å². The van der Waals surface area contributed by atoms with E-state index in [1.54, 1.807) is 41.4 Å². The number of hydrogen-bond donors (Lipinski definition) is 0. The fourth-order valence-corrected chi connectivity index (χ4v) is 2.02. The Labute approximate surface area is 120 Å². The first-order valence-corrected chi connectivity index (χ1v) is 6.37. The van der Waals surface area contributed by atoms with Gasteiger partial charge in [-0.2, -0.15) is 0 Å². The molecule has 2 heterocycles. The summed E-state index contributed by atoms with van der Waals surface area (Å²) in [5, 5.41) is 0.597. The number of nitrogens with zero attached hydrogens (tertiary/aromatic N) is 3. The van der Waals surface area contributed by atoms with Gasteiger partial charge in [-0.1, -0.05) is 17.7 Å². The monoisotopic (exact) mass is 283 g/mol. The van der Waals surface area contributed by atoms with Gasteiger partial charge in [0.2, 0.25) is 5.78 Å². The summed E-state index contributed by atoms with van der Waals surface area (Å²) >= 11 is 5.83. The molecule has 20 heavy (non-hydrogen) atoms. The molecule has 0 bridgehead atoms. The van der Waals surface area contributed by atoms with Crippen molar-refractivity contribution in [1.82, 2.24) is 14.5 Å². The van der Waals surface area contributed by atoms with E-state index in [1.165, 1.54) is 6.20 Å². The van der Waals surface area contributed by atoms with Crippen LogP contribution in [0, 0.1) is 0 Å².